The number of rotatable bonds is 5. The molecule has 130 valence electrons. The van der Waals surface area contributed by atoms with Crippen molar-refractivity contribution in [2.75, 3.05) is 4.90 Å². The Labute approximate surface area is 151 Å². The quantitative estimate of drug-likeness (QED) is 0.505. The maximum atomic E-state index is 13.1. The number of hydrogen-bond donors (Lipinski definition) is 0. The lowest BCUT2D eigenvalue weighted by atomic mass is 10.1. The number of aryl methyl sites for hydroxylation is 1. The standard InChI is InChI=1S/C22H19NO3/c1-16-7-2-3-8-17(16)14-23(22-11-6-12-25-22)21(24)13-18-15-26-20-10-5-4-9-19(18)20/h2-12,15H,13-14H2,1H3. The predicted octanol–water partition coefficient (Wildman–Crippen LogP) is 5.11. The van der Waals surface area contributed by atoms with Crippen molar-refractivity contribution >= 4 is 22.8 Å². The van der Waals surface area contributed by atoms with Gasteiger partial charge in [0.1, 0.15) is 5.58 Å². The van der Waals surface area contributed by atoms with Crippen LogP contribution < -0.4 is 4.90 Å². The number of anilines is 1. The van der Waals surface area contributed by atoms with Crippen molar-refractivity contribution in [3.05, 3.63) is 89.9 Å². The molecule has 4 nitrogen and oxygen atoms in total. The Balaban J connectivity index is 1.63. The van der Waals surface area contributed by atoms with Crippen LogP contribution in [0.4, 0.5) is 5.88 Å². The molecule has 0 saturated carbocycles. The number of carbonyl (C=O) groups excluding carboxylic acids is 1. The number of fused-ring (bicyclic) bond motifs is 1. The summed E-state index contributed by atoms with van der Waals surface area (Å²) in [7, 11) is 0. The van der Waals surface area contributed by atoms with Crippen molar-refractivity contribution in [3.8, 4) is 0 Å². The lowest BCUT2D eigenvalue weighted by molar-refractivity contribution is -0.118. The molecule has 4 aromatic rings. The van der Waals surface area contributed by atoms with E-state index in [1.165, 1.54) is 0 Å². The van der Waals surface area contributed by atoms with Crippen LogP contribution in [-0.4, -0.2) is 5.91 Å². The zero-order valence-corrected chi connectivity index (χ0v) is 14.5. The van der Waals surface area contributed by atoms with E-state index < -0.39 is 0 Å². The maximum Gasteiger partial charge on any atom is 0.234 e. The average molecular weight is 345 g/mol. The Morgan fingerprint density at radius 2 is 1.73 bits per heavy atom. The Morgan fingerprint density at radius 3 is 2.54 bits per heavy atom. The molecule has 0 fully saturated rings. The van der Waals surface area contributed by atoms with Gasteiger partial charge in [0.25, 0.3) is 0 Å². The van der Waals surface area contributed by atoms with Crippen LogP contribution >= 0.6 is 0 Å². The average Bonchev–Trinajstić information content (AvgIpc) is 3.31. The highest BCUT2D eigenvalue weighted by Crippen LogP contribution is 2.24. The molecule has 0 unspecified atom stereocenters. The molecule has 1 amide bonds. The third-order valence-electron chi connectivity index (χ3n) is 4.57. The molecule has 0 atom stereocenters. The van der Waals surface area contributed by atoms with Crippen LogP contribution in [0, 0.1) is 6.92 Å². The van der Waals surface area contributed by atoms with E-state index in [2.05, 4.69) is 0 Å². The third kappa shape index (κ3) is 3.14. The Hall–Kier alpha value is -3.27. The summed E-state index contributed by atoms with van der Waals surface area (Å²) in [6.45, 7) is 2.51. The molecule has 2 heterocycles. The number of hydrogen-bond acceptors (Lipinski definition) is 3. The Morgan fingerprint density at radius 1 is 0.923 bits per heavy atom. The number of benzene rings is 2. The molecule has 0 bridgehead atoms. The van der Waals surface area contributed by atoms with Crippen molar-refractivity contribution in [3.63, 3.8) is 0 Å². The van der Waals surface area contributed by atoms with E-state index in [9.17, 15) is 4.79 Å². The first-order chi connectivity index (χ1) is 12.7. The van der Waals surface area contributed by atoms with Crippen molar-refractivity contribution in [1.82, 2.24) is 0 Å². The second-order valence-corrected chi connectivity index (χ2v) is 6.29. The van der Waals surface area contributed by atoms with E-state index in [0.29, 0.717) is 12.4 Å². The van der Waals surface area contributed by atoms with E-state index in [1.54, 1.807) is 23.5 Å². The topological polar surface area (TPSA) is 46.6 Å². The van der Waals surface area contributed by atoms with Crippen LogP contribution in [0.1, 0.15) is 16.7 Å². The Bertz CT molecular complexity index is 1030. The van der Waals surface area contributed by atoms with Crippen LogP contribution in [-0.2, 0) is 17.8 Å². The molecule has 4 rings (SSSR count). The summed E-state index contributed by atoms with van der Waals surface area (Å²) in [4.78, 5) is 14.8. The fourth-order valence-corrected chi connectivity index (χ4v) is 3.10. The van der Waals surface area contributed by atoms with Gasteiger partial charge in [-0.15, -0.1) is 0 Å². The highest BCUT2D eigenvalue weighted by Gasteiger charge is 2.21. The summed E-state index contributed by atoms with van der Waals surface area (Å²) in [6.07, 6.45) is 3.50. The lowest BCUT2D eigenvalue weighted by Gasteiger charge is -2.21. The molecule has 0 aliphatic carbocycles. The van der Waals surface area contributed by atoms with Crippen molar-refractivity contribution in [2.24, 2.45) is 0 Å². The zero-order chi connectivity index (χ0) is 17.9. The van der Waals surface area contributed by atoms with Gasteiger partial charge < -0.3 is 8.83 Å². The molecule has 26 heavy (non-hydrogen) atoms. The molecule has 2 aromatic carbocycles. The van der Waals surface area contributed by atoms with E-state index >= 15 is 0 Å². The number of furan rings is 2. The van der Waals surface area contributed by atoms with Gasteiger partial charge in [-0.2, -0.15) is 0 Å². The van der Waals surface area contributed by atoms with E-state index in [-0.39, 0.29) is 12.3 Å². The normalized spacial score (nSPS) is 11.0. The summed E-state index contributed by atoms with van der Waals surface area (Å²) in [5, 5.41) is 0.969. The number of amides is 1. The molecular formula is C22H19NO3. The first-order valence-electron chi connectivity index (χ1n) is 8.56. The molecule has 0 aliphatic rings. The maximum absolute atomic E-state index is 13.1. The minimum Gasteiger partial charge on any atom is -0.464 e. The van der Waals surface area contributed by atoms with Gasteiger partial charge in [-0.05, 0) is 30.2 Å². The summed E-state index contributed by atoms with van der Waals surface area (Å²) in [5.41, 5.74) is 3.91. The van der Waals surface area contributed by atoms with Crippen LogP contribution in [0.15, 0.2) is 82.0 Å². The fourth-order valence-electron chi connectivity index (χ4n) is 3.10. The highest BCUT2D eigenvalue weighted by atomic mass is 16.3. The first kappa shape index (κ1) is 16.2. The SMILES string of the molecule is Cc1ccccc1CN(C(=O)Cc1coc2ccccc12)c1ccco1. The largest absolute Gasteiger partial charge is 0.464 e. The van der Waals surface area contributed by atoms with E-state index in [0.717, 1.165) is 27.7 Å². The highest BCUT2D eigenvalue weighted by molar-refractivity contribution is 5.96. The van der Waals surface area contributed by atoms with Crippen molar-refractivity contribution in [2.45, 2.75) is 19.9 Å². The molecule has 0 radical (unpaired) electrons. The summed E-state index contributed by atoms with van der Waals surface area (Å²) in [6, 6.07) is 19.4. The Kier molecular flexibility index (Phi) is 4.32. The molecule has 0 aliphatic heterocycles. The van der Waals surface area contributed by atoms with E-state index in [4.69, 9.17) is 8.83 Å². The van der Waals surface area contributed by atoms with Gasteiger partial charge in [0, 0.05) is 17.0 Å². The minimum atomic E-state index is -0.0326. The molecule has 0 spiro atoms. The second-order valence-electron chi connectivity index (χ2n) is 6.29. The monoisotopic (exact) mass is 345 g/mol. The molecular weight excluding hydrogens is 326 g/mol. The van der Waals surface area contributed by atoms with Gasteiger partial charge in [-0.3, -0.25) is 9.69 Å². The van der Waals surface area contributed by atoms with Gasteiger partial charge >= 0.3 is 0 Å². The third-order valence-corrected chi connectivity index (χ3v) is 4.57. The van der Waals surface area contributed by atoms with Crippen LogP contribution in [0.2, 0.25) is 0 Å². The number of nitrogens with zero attached hydrogens (tertiary/aromatic N) is 1. The number of para-hydroxylation sites is 1. The van der Waals surface area contributed by atoms with Crippen molar-refractivity contribution < 1.29 is 13.6 Å². The molecule has 4 heteroatoms. The molecule has 0 saturated heterocycles. The van der Waals surface area contributed by atoms with Gasteiger partial charge in [0.05, 0.1) is 25.5 Å². The van der Waals surface area contributed by atoms with Crippen LogP contribution in [0.3, 0.4) is 0 Å². The fraction of sp³-hybridized carbons (Fsp3) is 0.136. The molecule has 2 aromatic heterocycles. The lowest BCUT2D eigenvalue weighted by Crippen LogP contribution is -2.31. The van der Waals surface area contributed by atoms with Crippen LogP contribution in [0.5, 0.6) is 0 Å². The predicted molar refractivity (Wildman–Crippen MR) is 101 cm³/mol. The second kappa shape index (κ2) is 6.92. The smallest absolute Gasteiger partial charge is 0.234 e. The van der Waals surface area contributed by atoms with Gasteiger partial charge in [0.2, 0.25) is 11.8 Å². The minimum absolute atomic E-state index is 0.0326. The van der Waals surface area contributed by atoms with Gasteiger partial charge in [-0.1, -0.05) is 42.5 Å². The summed E-state index contributed by atoms with van der Waals surface area (Å²) in [5.74, 6) is 0.515. The molecule has 0 N–H and O–H groups in total. The summed E-state index contributed by atoms with van der Waals surface area (Å²) >= 11 is 0. The zero-order valence-electron chi connectivity index (χ0n) is 14.5. The first-order valence-corrected chi connectivity index (χ1v) is 8.56. The summed E-state index contributed by atoms with van der Waals surface area (Å²) < 4.78 is 11.1. The van der Waals surface area contributed by atoms with Crippen molar-refractivity contribution in [1.29, 1.82) is 0 Å². The van der Waals surface area contributed by atoms with Gasteiger partial charge in [-0.25, -0.2) is 0 Å². The van der Waals surface area contributed by atoms with Gasteiger partial charge in [0.15, 0.2) is 0 Å². The van der Waals surface area contributed by atoms with Crippen LogP contribution in [0.25, 0.3) is 11.0 Å². The number of carbonyl (C=O) groups is 1. The van der Waals surface area contributed by atoms with E-state index in [1.807, 2.05) is 61.5 Å².